The SMILES string of the molecule is Cc1cc(Cc2cc(C)cc(C(C)(C)C)c2S)c(O)c(C(C)(C)C)c1. The number of hydrogen-bond donors (Lipinski definition) is 2. The van der Waals surface area contributed by atoms with Crippen molar-refractivity contribution in [3.05, 3.63) is 57.6 Å². The van der Waals surface area contributed by atoms with Gasteiger partial charge in [-0.1, -0.05) is 76.9 Å². The lowest BCUT2D eigenvalue weighted by atomic mass is 9.82. The average molecular weight is 357 g/mol. The van der Waals surface area contributed by atoms with Gasteiger partial charge in [0, 0.05) is 11.3 Å². The van der Waals surface area contributed by atoms with Crippen molar-refractivity contribution in [3.8, 4) is 5.75 Å². The quantitative estimate of drug-likeness (QED) is 0.590. The largest absolute Gasteiger partial charge is 0.507 e. The smallest absolute Gasteiger partial charge is 0.122 e. The third kappa shape index (κ3) is 4.41. The Labute approximate surface area is 158 Å². The molecule has 25 heavy (non-hydrogen) atoms. The first kappa shape index (κ1) is 19.9. The van der Waals surface area contributed by atoms with Crippen LogP contribution in [0.15, 0.2) is 29.2 Å². The van der Waals surface area contributed by atoms with Gasteiger partial charge in [0.25, 0.3) is 0 Å². The van der Waals surface area contributed by atoms with Crippen molar-refractivity contribution in [2.75, 3.05) is 0 Å². The van der Waals surface area contributed by atoms with Gasteiger partial charge in [0.1, 0.15) is 5.75 Å². The molecular formula is C23H32OS. The van der Waals surface area contributed by atoms with E-state index in [9.17, 15) is 5.11 Å². The first-order chi connectivity index (χ1) is 11.3. The van der Waals surface area contributed by atoms with Crippen LogP contribution in [0.5, 0.6) is 5.75 Å². The van der Waals surface area contributed by atoms with Gasteiger partial charge in [-0.05, 0) is 46.9 Å². The second-order valence-corrected chi connectivity index (χ2v) is 9.76. The first-order valence-electron chi connectivity index (χ1n) is 8.96. The van der Waals surface area contributed by atoms with E-state index in [0.29, 0.717) is 12.2 Å². The van der Waals surface area contributed by atoms with Crippen molar-refractivity contribution >= 4 is 12.6 Å². The molecule has 0 spiro atoms. The van der Waals surface area contributed by atoms with Gasteiger partial charge in [-0.25, -0.2) is 0 Å². The molecule has 0 radical (unpaired) electrons. The van der Waals surface area contributed by atoms with E-state index in [1.165, 1.54) is 22.3 Å². The molecule has 2 aromatic rings. The number of hydrogen-bond acceptors (Lipinski definition) is 2. The van der Waals surface area contributed by atoms with E-state index >= 15 is 0 Å². The minimum absolute atomic E-state index is 0.0447. The van der Waals surface area contributed by atoms with Crippen molar-refractivity contribution in [2.45, 2.75) is 77.5 Å². The summed E-state index contributed by atoms with van der Waals surface area (Å²) >= 11 is 4.84. The molecule has 0 unspecified atom stereocenters. The fraction of sp³-hybridized carbons (Fsp3) is 0.478. The lowest BCUT2D eigenvalue weighted by molar-refractivity contribution is 0.441. The maximum atomic E-state index is 10.9. The van der Waals surface area contributed by atoms with Gasteiger partial charge in [0.15, 0.2) is 0 Å². The molecule has 0 heterocycles. The third-order valence-electron chi connectivity index (χ3n) is 4.66. The summed E-state index contributed by atoms with van der Waals surface area (Å²) in [7, 11) is 0. The fourth-order valence-corrected chi connectivity index (χ4v) is 3.87. The summed E-state index contributed by atoms with van der Waals surface area (Å²) in [6, 6.07) is 8.60. The van der Waals surface area contributed by atoms with E-state index in [0.717, 1.165) is 16.0 Å². The van der Waals surface area contributed by atoms with Gasteiger partial charge in [0.2, 0.25) is 0 Å². The topological polar surface area (TPSA) is 20.2 Å². The van der Waals surface area contributed by atoms with E-state index in [-0.39, 0.29) is 10.8 Å². The summed E-state index contributed by atoms with van der Waals surface area (Å²) in [4.78, 5) is 1.04. The normalized spacial score (nSPS) is 12.5. The summed E-state index contributed by atoms with van der Waals surface area (Å²) in [6.45, 7) is 17.3. The van der Waals surface area contributed by atoms with Crippen LogP contribution in [0.4, 0.5) is 0 Å². The van der Waals surface area contributed by atoms with E-state index in [2.05, 4.69) is 79.7 Å². The Morgan fingerprint density at radius 3 is 1.68 bits per heavy atom. The van der Waals surface area contributed by atoms with Crippen LogP contribution in [0, 0.1) is 13.8 Å². The van der Waals surface area contributed by atoms with Gasteiger partial charge >= 0.3 is 0 Å². The average Bonchev–Trinajstić information content (AvgIpc) is 2.43. The van der Waals surface area contributed by atoms with Gasteiger partial charge in [0.05, 0.1) is 0 Å². The Kier molecular flexibility index (Phi) is 5.35. The van der Waals surface area contributed by atoms with E-state index < -0.39 is 0 Å². The Morgan fingerprint density at radius 1 is 0.760 bits per heavy atom. The van der Waals surface area contributed by atoms with Crippen molar-refractivity contribution in [1.82, 2.24) is 0 Å². The summed E-state index contributed by atoms with van der Waals surface area (Å²) in [5.74, 6) is 0.421. The molecule has 0 aliphatic rings. The van der Waals surface area contributed by atoms with Crippen LogP contribution in [-0.4, -0.2) is 5.11 Å². The number of phenols is 1. The molecule has 2 aromatic carbocycles. The van der Waals surface area contributed by atoms with Crippen LogP contribution in [0.25, 0.3) is 0 Å². The second kappa shape index (κ2) is 6.72. The highest BCUT2D eigenvalue weighted by Crippen LogP contribution is 2.38. The minimum atomic E-state index is -0.0855. The highest BCUT2D eigenvalue weighted by Gasteiger charge is 2.23. The molecule has 2 rings (SSSR count). The predicted molar refractivity (Wildman–Crippen MR) is 111 cm³/mol. The molecule has 1 nitrogen and oxygen atoms in total. The summed E-state index contributed by atoms with van der Waals surface area (Å²) in [5.41, 5.74) is 6.80. The van der Waals surface area contributed by atoms with Crippen LogP contribution in [0.3, 0.4) is 0 Å². The van der Waals surface area contributed by atoms with Crippen LogP contribution in [-0.2, 0) is 17.3 Å². The van der Waals surface area contributed by atoms with Gasteiger partial charge in [-0.2, -0.15) is 0 Å². The molecule has 0 atom stereocenters. The molecule has 1 N–H and O–H groups in total. The molecule has 0 aliphatic carbocycles. The molecule has 0 fully saturated rings. The molecule has 0 aliphatic heterocycles. The third-order valence-corrected chi connectivity index (χ3v) is 5.19. The van der Waals surface area contributed by atoms with E-state index in [1.54, 1.807) is 0 Å². The lowest BCUT2D eigenvalue weighted by Gasteiger charge is -2.25. The van der Waals surface area contributed by atoms with Gasteiger partial charge in [-0.3, -0.25) is 0 Å². The highest BCUT2D eigenvalue weighted by atomic mass is 32.1. The van der Waals surface area contributed by atoms with E-state index in [4.69, 9.17) is 12.6 Å². The summed E-state index contributed by atoms with van der Waals surface area (Å²) in [6.07, 6.45) is 0.695. The number of thiol groups is 1. The Bertz CT molecular complexity index is 722. The zero-order valence-electron chi connectivity index (χ0n) is 16.9. The maximum absolute atomic E-state index is 10.9. The zero-order valence-corrected chi connectivity index (χ0v) is 17.8. The molecule has 0 saturated heterocycles. The fourth-order valence-electron chi connectivity index (χ4n) is 3.33. The predicted octanol–water partition coefficient (Wildman–Crippen LogP) is 6.48. The van der Waals surface area contributed by atoms with Crippen molar-refractivity contribution < 1.29 is 5.11 Å². The Hall–Kier alpha value is -1.41. The number of rotatable bonds is 2. The van der Waals surface area contributed by atoms with Crippen LogP contribution in [0.2, 0.25) is 0 Å². The van der Waals surface area contributed by atoms with Crippen molar-refractivity contribution in [1.29, 1.82) is 0 Å². The first-order valence-corrected chi connectivity index (χ1v) is 9.41. The molecule has 0 bridgehead atoms. The molecule has 0 aromatic heterocycles. The monoisotopic (exact) mass is 356 g/mol. The molecular weight excluding hydrogens is 324 g/mol. The van der Waals surface area contributed by atoms with E-state index in [1.807, 2.05) is 0 Å². The van der Waals surface area contributed by atoms with Gasteiger partial charge in [-0.15, -0.1) is 12.6 Å². The van der Waals surface area contributed by atoms with Crippen LogP contribution >= 0.6 is 12.6 Å². The van der Waals surface area contributed by atoms with Gasteiger partial charge < -0.3 is 5.11 Å². The lowest BCUT2D eigenvalue weighted by Crippen LogP contribution is -2.14. The molecule has 0 saturated carbocycles. The minimum Gasteiger partial charge on any atom is -0.507 e. The molecule has 2 heteroatoms. The Balaban J connectivity index is 2.58. The van der Waals surface area contributed by atoms with Crippen LogP contribution < -0.4 is 0 Å². The summed E-state index contributed by atoms with van der Waals surface area (Å²) < 4.78 is 0. The van der Waals surface area contributed by atoms with Crippen molar-refractivity contribution in [3.63, 3.8) is 0 Å². The summed E-state index contributed by atoms with van der Waals surface area (Å²) in [5, 5.41) is 10.9. The number of aromatic hydroxyl groups is 1. The number of benzene rings is 2. The Morgan fingerprint density at radius 2 is 1.20 bits per heavy atom. The zero-order chi connectivity index (χ0) is 19.2. The molecule has 0 amide bonds. The number of phenolic OH excluding ortho intramolecular Hbond substituents is 1. The van der Waals surface area contributed by atoms with Crippen LogP contribution in [0.1, 0.15) is 74.9 Å². The standard InChI is InChI=1S/C23H32OS/c1-14-9-16(20(24)18(11-14)22(3,4)5)13-17-10-15(2)12-19(21(17)25)23(6,7)8/h9-12,24-25H,13H2,1-8H3. The number of aryl methyl sites for hydroxylation is 2. The van der Waals surface area contributed by atoms with Crippen molar-refractivity contribution in [2.24, 2.45) is 0 Å². The molecule has 136 valence electrons. The highest BCUT2D eigenvalue weighted by molar-refractivity contribution is 7.80. The maximum Gasteiger partial charge on any atom is 0.122 e. The second-order valence-electron chi connectivity index (χ2n) is 9.32.